The van der Waals surface area contributed by atoms with Gasteiger partial charge in [0, 0.05) is 17.5 Å². The Bertz CT molecular complexity index is 645. The molecule has 2 N–H and O–H groups in total. The van der Waals surface area contributed by atoms with Crippen molar-refractivity contribution in [2.75, 3.05) is 32.1 Å². The van der Waals surface area contributed by atoms with E-state index in [0.29, 0.717) is 16.5 Å². The van der Waals surface area contributed by atoms with Gasteiger partial charge in [-0.05, 0) is 57.5 Å². The molecule has 1 atom stereocenters. The average Bonchev–Trinajstić information content (AvgIpc) is 2.67. The van der Waals surface area contributed by atoms with E-state index in [1.54, 1.807) is 25.3 Å². The van der Waals surface area contributed by atoms with Crippen LogP contribution in [0.4, 0.5) is 5.69 Å². The van der Waals surface area contributed by atoms with E-state index in [0.717, 1.165) is 45.3 Å². The summed E-state index contributed by atoms with van der Waals surface area (Å²) in [7, 11) is 1.55. The lowest BCUT2D eigenvalue weighted by Gasteiger charge is -2.34. The number of unbranched alkanes of at least 4 members (excludes halogenated alkanes) is 1. The van der Waals surface area contributed by atoms with E-state index in [2.05, 4.69) is 22.5 Å². The second-order valence-electron chi connectivity index (χ2n) is 6.96. The molecular formula is C20H30ClN3O3. The molecule has 1 aliphatic rings. The summed E-state index contributed by atoms with van der Waals surface area (Å²) < 4.78 is 5.28. The molecule has 1 aromatic rings. The van der Waals surface area contributed by atoms with Gasteiger partial charge in [0.2, 0.25) is 11.8 Å². The standard InChI is InChI=1S/C20H30ClN3O3/c1-4-5-10-22-20(26)15-8-11-24(12-9-15)14(2)19(25)23-17-13-16(21)6-7-18(17)27-3/h6-7,13-15H,4-5,8-12H2,1-3H3,(H,22,26)(H,23,25). The highest BCUT2D eigenvalue weighted by Gasteiger charge is 2.29. The molecule has 1 saturated heterocycles. The molecule has 0 saturated carbocycles. The number of hydrogen-bond acceptors (Lipinski definition) is 4. The second-order valence-corrected chi connectivity index (χ2v) is 7.40. The minimum Gasteiger partial charge on any atom is -0.495 e. The van der Waals surface area contributed by atoms with Gasteiger partial charge in [-0.15, -0.1) is 0 Å². The summed E-state index contributed by atoms with van der Waals surface area (Å²) in [4.78, 5) is 27.0. The first-order chi connectivity index (χ1) is 13.0. The van der Waals surface area contributed by atoms with Gasteiger partial charge in [-0.1, -0.05) is 24.9 Å². The van der Waals surface area contributed by atoms with Crippen molar-refractivity contribution in [3.05, 3.63) is 23.2 Å². The minimum absolute atomic E-state index is 0.0430. The van der Waals surface area contributed by atoms with Crippen LogP contribution in [-0.2, 0) is 9.59 Å². The lowest BCUT2D eigenvalue weighted by atomic mass is 9.95. The van der Waals surface area contributed by atoms with E-state index in [1.807, 2.05) is 6.92 Å². The van der Waals surface area contributed by atoms with Crippen LogP contribution in [0.15, 0.2) is 18.2 Å². The molecule has 1 aromatic carbocycles. The summed E-state index contributed by atoms with van der Waals surface area (Å²) in [5.74, 6) is 0.647. The Morgan fingerprint density at radius 3 is 2.67 bits per heavy atom. The number of hydrogen-bond donors (Lipinski definition) is 2. The maximum atomic E-state index is 12.7. The van der Waals surface area contributed by atoms with Gasteiger partial charge in [-0.3, -0.25) is 14.5 Å². The van der Waals surface area contributed by atoms with Crippen molar-refractivity contribution in [2.24, 2.45) is 5.92 Å². The second kappa shape index (κ2) is 10.5. The zero-order valence-electron chi connectivity index (χ0n) is 16.4. The topological polar surface area (TPSA) is 70.7 Å². The van der Waals surface area contributed by atoms with Gasteiger partial charge in [-0.2, -0.15) is 0 Å². The number of carbonyl (C=O) groups excluding carboxylic acids is 2. The third-order valence-corrected chi connectivity index (χ3v) is 5.31. The monoisotopic (exact) mass is 395 g/mol. The number of likely N-dealkylation sites (tertiary alicyclic amines) is 1. The Balaban J connectivity index is 1.86. The van der Waals surface area contributed by atoms with Crippen LogP contribution in [0.2, 0.25) is 5.02 Å². The van der Waals surface area contributed by atoms with Crippen molar-refractivity contribution in [2.45, 2.75) is 45.6 Å². The van der Waals surface area contributed by atoms with E-state index >= 15 is 0 Å². The lowest BCUT2D eigenvalue weighted by Crippen LogP contribution is -2.48. The predicted octanol–water partition coefficient (Wildman–Crippen LogP) is 3.30. The highest BCUT2D eigenvalue weighted by atomic mass is 35.5. The molecule has 27 heavy (non-hydrogen) atoms. The van der Waals surface area contributed by atoms with Gasteiger partial charge in [0.05, 0.1) is 18.8 Å². The molecular weight excluding hydrogens is 366 g/mol. The van der Waals surface area contributed by atoms with E-state index in [1.165, 1.54) is 0 Å². The Morgan fingerprint density at radius 1 is 1.33 bits per heavy atom. The maximum Gasteiger partial charge on any atom is 0.241 e. The van der Waals surface area contributed by atoms with Gasteiger partial charge < -0.3 is 15.4 Å². The molecule has 1 unspecified atom stereocenters. The highest BCUT2D eigenvalue weighted by molar-refractivity contribution is 6.31. The number of amides is 2. The lowest BCUT2D eigenvalue weighted by molar-refractivity contribution is -0.127. The Kier molecular flexibility index (Phi) is 8.38. The molecule has 2 amide bonds. The largest absolute Gasteiger partial charge is 0.495 e. The molecule has 0 aromatic heterocycles. The van der Waals surface area contributed by atoms with Gasteiger partial charge in [-0.25, -0.2) is 0 Å². The van der Waals surface area contributed by atoms with E-state index < -0.39 is 0 Å². The number of ether oxygens (including phenoxy) is 1. The van der Waals surface area contributed by atoms with Crippen LogP contribution in [0, 0.1) is 5.92 Å². The first kappa shape index (κ1) is 21.5. The Labute approximate surface area is 166 Å². The van der Waals surface area contributed by atoms with Gasteiger partial charge >= 0.3 is 0 Å². The van der Waals surface area contributed by atoms with Crippen LogP contribution in [0.5, 0.6) is 5.75 Å². The Morgan fingerprint density at radius 2 is 2.04 bits per heavy atom. The fraction of sp³-hybridized carbons (Fsp3) is 0.600. The molecule has 0 radical (unpaired) electrons. The molecule has 1 heterocycles. The summed E-state index contributed by atoms with van der Waals surface area (Å²) >= 11 is 6.02. The first-order valence-corrected chi connectivity index (χ1v) is 10.00. The average molecular weight is 396 g/mol. The summed E-state index contributed by atoms with van der Waals surface area (Å²) in [6.07, 6.45) is 3.63. The number of carbonyl (C=O) groups is 2. The van der Waals surface area contributed by atoms with Crippen LogP contribution in [0.3, 0.4) is 0 Å². The number of rotatable bonds is 8. The fourth-order valence-electron chi connectivity index (χ4n) is 3.26. The molecule has 2 rings (SSSR count). The summed E-state index contributed by atoms with van der Waals surface area (Å²) in [6.45, 7) is 6.19. The van der Waals surface area contributed by atoms with Gasteiger partial charge in [0.25, 0.3) is 0 Å². The van der Waals surface area contributed by atoms with Crippen molar-refractivity contribution < 1.29 is 14.3 Å². The SMILES string of the molecule is CCCCNC(=O)C1CCN(C(C)C(=O)Nc2cc(Cl)ccc2OC)CC1. The zero-order chi connectivity index (χ0) is 19.8. The van der Waals surface area contributed by atoms with Crippen molar-refractivity contribution in [1.29, 1.82) is 0 Å². The van der Waals surface area contributed by atoms with Crippen LogP contribution >= 0.6 is 11.6 Å². The van der Waals surface area contributed by atoms with Gasteiger partial charge in [0.1, 0.15) is 5.75 Å². The third-order valence-electron chi connectivity index (χ3n) is 5.08. The molecule has 6 nitrogen and oxygen atoms in total. The zero-order valence-corrected chi connectivity index (χ0v) is 17.1. The normalized spacial score (nSPS) is 16.6. The quantitative estimate of drug-likeness (QED) is 0.662. The maximum absolute atomic E-state index is 12.7. The predicted molar refractivity (Wildman–Crippen MR) is 108 cm³/mol. The van der Waals surface area contributed by atoms with Gasteiger partial charge in [0.15, 0.2) is 0 Å². The first-order valence-electron chi connectivity index (χ1n) is 9.62. The van der Waals surface area contributed by atoms with E-state index in [4.69, 9.17) is 16.3 Å². The van der Waals surface area contributed by atoms with Crippen LogP contribution in [0.25, 0.3) is 0 Å². The number of benzene rings is 1. The number of nitrogens with zero attached hydrogens (tertiary/aromatic N) is 1. The van der Waals surface area contributed by atoms with Crippen molar-refractivity contribution >= 4 is 29.1 Å². The third kappa shape index (κ3) is 6.11. The van der Waals surface area contributed by atoms with Crippen molar-refractivity contribution in [3.8, 4) is 5.75 Å². The van der Waals surface area contributed by atoms with E-state index in [9.17, 15) is 9.59 Å². The number of piperidine rings is 1. The van der Waals surface area contributed by atoms with Crippen molar-refractivity contribution in [1.82, 2.24) is 10.2 Å². The number of halogens is 1. The molecule has 0 spiro atoms. The van der Waals surface area contributed by atoms with Crippen LogP contribution in [-0.4, -0.2) is 49.5 Å². The smallest absolute Gasteiger partial charge is 0.241 e. The molecule has 0 bridgehead atoms. The summed E-state index contributed by atoms with van der Waals surface area (Å²) in [6, 6.07) is 4.83. The number of anilines is 1. The molecule has 1 aliphatic heterocycles. The highest BCUT2D eigenvalue weighted by Crippen LogP contribution is 2.28. The molecule has 7 heteroatoms. The molecule has 150 valence electrons. The molecule has 0 aliphatic carbocycles. The fourth-order valence-corrected chi connectivity index (χ4v) is 3.43. The van der Waals surface area contributed by atoms with Crippen molar-refractivity contribution in [3.63, 3.8) is 0 Å². The number of nitrogens with one attached hydrogen (secondary N) is 2. The molecule has 1 fully saturated rings. The minimum atomic E-state index is -0.294. The van der Waals surface area contributed by atoms with Crippen LogP contribution < -0.4 is 15.4 Å². The van der Waals surface area contributed by atoms with Crippen LogP contribution in [0.1, 0.15) is 39.5 Å². The van der Waals surface area contributed by atoms with E-state index in [-0.39, 0.29) is 23.8 Å². The summed E-state index contributed by atoms with van der Waals surface area (Å²) in [5.41, 5.74) is 0.562. The number of methoxy groups -OCH3 is 1. The Hall–Kier alpha value is -1.79. The summed E-state index contributed by atoms with van der Waals surface area (Å²) in [5, 5.41) is 6.44.